The third kappa shape index (κ3) is 5.44. The summed E-state index contributed by atoms with van der Waals surface area (Å²) in [4.78, 5) is 0. The van der Waals surface area contributed by atoms with Gasteiger partial charge in [0, 0.05) is 6.54 Å². The summed E-state index contributed by atoms with van der Waals surface area (Å²) in [6, 6.07) is 9.02. The molecular weight excluding hydrogens is 258 g/mol. The molecule has 1 heterocycles. The van der Waals surface area contributed by atoms with E-state index >= 15 is 0 Å². The molecule has 1 saturated heterocycles. The Morgan fingerprint density at radius 3 is 2.43 bits per heavy atom. The molecule has 0 amide bonds. The molecule has 0 aromatic heterocycles. The molecule has 1 aliphatic heterocycles. The number of ether oxygens (including phenoxy) is 1. The third-order valence-corrected chi connectivity index (χ3v) is 4.36. The van der Waals surface area contributed by atoms with Crippen LogP contribution in [0.4, 0.5) is 0 Å². The van der Waals surface area contributed by atoms with Crippen LogP contribution in [0.3, 0.4) is 0 Å². The molecule has 3 atom stereocenters. The van der Waals surface area contributed by atoms with Gasteiger partial charge in [-0.1, -0.05) is 43.7 Å². The largest absolute Gasteiger partial charge is 0.375 e. The maximum atomic E-state index is 6.04. The minimum atomic E-state index is 0.437. The van der Waals surface area contributed by atoms with E-state index < -0.39 is 0 Å². The molecular formula is C19H31NO. The van der Waals surface area contributed by atoms with Crippen molar-refractivity contribution in [1.29, 1.82) is 0 Å². The summed E-state index contributed by atoms with van der Waals surface area (Å²) < 4.78 is 6.04. The van der Waals surface area contributed by atoms with Crippen LogP contribution in [0.5, 0.6) is 0 Å². The van der Waals surface area contributed by atoms with Crippen molar-refractivity contribution < 1.29 is 4.74 Å². The van der Waals surface area contributed by atoms with Gasteiger partial charge in [0.05, 0.1) is 12.2 Å². The first-order chi connectivity index (χ1) is 10.0. The van der Waals surface area contributed by atoms with Crippen molar-refractivity contribution >= 4 is 0 Å². The lowest BCUT2D eigenvalue weighted by Crippen LogP contribution is -2.27. The minimum absolute atomic E-state index is 0.437. The zero-order valence-corrected chi connectivity index (χ0v) is 14.1. The second-order valence-corrected chi connectivity index (χ2v) is 7.04. The zero-order chi connectivity index (χ0) is 15.2. The molecule has 2 heteroatoms. The Morgan fingerprint density at radius 1 is 1.14 bits per heavy atom. The predicted molar refractivity (Wildman–Crippen MR) is 89.8 cm³/mol. The Balaban J connectivity index is 1.97. The normalized spacial score (nSPS) is 23.7. The second-order valence-electron chi connectivity index (χ2n) is 7.04. The van der Waals surface area contributed by atoms with Crippen LogP contribution in [0, 0.1) is 12.8 Å². The van der Waals surface area contributed by atoms with Gasteiger partial charge in [-0.15, -0.1) is 0 Å². The molecule has 0 radical (unpaired) electrons. The summed E-state index contributed by atoms with van der Waals surface area (Å²) in [6.07, 6.45) is 4.45. The van der Waals surface area contributed by atoms with Crippen molar-refractivity contribution in [1.82, 2.24) is 5.32 Å². The standard InChI is InChI=1S/C19H31NO/c1-14(2)12-20-13-18(11-19-10-7-16(4)21-19)17-8-5-15(3)6-9-17/h5-6,8-9,14,16,18-20H,7,10-13H2,1-4H3. The van der Waals surface area contributed by atoms with Gasteiger partial charge in [-0.3, -0.25) is 0 Å². The highest BCUT2D eigenvalue weighted by atomic mass is 16.5. The topological polar surface area (TPSA) is 21.3 Å². The molecule has 1 aromatic rings. The molecule has 21 heavy (non-hydrogen) atoms. The fourth-order valence-corrected chi connectivity index (χ4v) is 3.10. The van der Waals surface area contributed by atoms with Gasteiger partial charge in [0.15, 0.2) is 0 Å². The van der Waals surface area contributed by atoms with E-state index in [0.717, 1.165) is 19.5 Å². The van der Waals surface area contributed by atoms with Crippen LogP contribution in [0.2, 0.25) is 0 Å². The summed E-state index contributed by atoms with van der Waals surface area (Å²) in [5.41, 5.74) is 2.78. The summed E-state index contributed by atoms with van der Waals surface area (Å²) in [6.45, 7) is 11.0. The molecule has 1 N–H and O–H groups in total. The number of nitrogens with one attached hydrogen (secondary N) is 1. The van der Waals surface area contributed by atoms with Crippen LogP contribution in [-0.2, 0) is 4.74 Å². The lowest BCUT2D eigenvalue weighted by molar-refractivity contribution is 0.0465. The van der Waals surface area contributed by atoms with Gasteiger partial charge in [0.2, 0.25) is 0 Å². The van der Waals surface area contributed by atoms with E-state index in [4.69, 9.17) is 4.74 Å². The third-order valence-electron chi connectivity index (χ3n) is 4.36. The van der Waals surface area contributed by atoms with E-state index in [0.29, 0.717) is 24.0 Å². The van der Waals surface area contributed by atoms with E-state index in [9.17, 15) is 0 Å². The maximum absolute atomic E-state index is 6.04. The van der Waals surface area contributed by atoms with Crippen LogP contribution < -0.4 is 5.32 Å². The Labute approximate surface area is 130 Å². The predicted octanol–water partition coefficient (Wildman–Crippen LogP) is 4.28. The summed E-state index contributed by atoms with van der Waals surface area (Å²) in [5, 5.41) is 3.63. The first-order valence-electron chi connectivity index (χ1n) is 8.47. The molecule has 0 saturated carbocycles. The molecule has 1 fully saturated rings. The average Bonchev–Trinajstić information content (AvgIpc) is 2.84. The first kappa shape index (κ1) is 16.5. The number of hydrogen-bond donors (Lipinski definition) is 1. The summed E-state index contributed by atoms with van der Waals surface area (Å²) in [5.74, 6) is 1.26. The van der Waals surface area contributed by atoms with Crippen LogP contribution in [-0.4, -0.2) is 25.3 Å². The van der Waals surface area contributed by atoms with E-state index in [2.05, 4.69) is 57.3 Å². The fraction of sp³-hybridized carbons (Fsp3) is 0.684. The van der Waals surface area contributed by atoms with Gasteiger partial charge < -0.3 is 10.1 Å². The van der Waals surface area contributed by atoms with Crippen molar-refractivity contribution in [2.24, 2.45) is 5.92 Å². The zero-order valence-electron chi connectivity index (χ0n) is 14.1. The van der Waals surface area contributed by atoms with Crippen LogP contribution in [0.25, 0.3) is 0 Å². The van der Waals surface area contributed by atoms with Crippen LogP contribution in [0.15, 0.2) is 24.3 Å². The number of aryl methyl sites for hydroxylation is 1. The Bertz CT molecular complexity index is 412. The molecule has 3 unspecified atom stereocenters. The van der Waals surface area contributed by atoms with Gasteiger partial charge in [0.25, 0.3) is 0 Å². The molecule has 0 aliphatic carbocycles. The monoisotopic (exact) mass is 289 g/mol. The van der Waals surface area contributed by atoms with Crippen LogP contribution >= 0.6 is 0 Å². The van der Waals surface area contributed by atoms with Gasteiger partial charge in [0.1, 0.15) is 0 Å². The molecule has 2 rings (SSSR count). The van der Waals surface area contributed by atoms with Gasteiger partial charge in [-0.25, -0.2) is 0 Å². The average molecular weight is 289 g/mol. The fourth-order valence-electron chi connectivity index (χ4n) is 3.10. The van der Waals surface area contributed by atoms with E-state index in [1.165, 1.54) is 24.0 Å². The highest BCUT2D eigenvalue weighted by Gasteiger charge is 2.25. The molecule has 1 aromatic carbocycles. The molecule has 0 bridgehead atoms. The molecule has 2 nitrogen and oxygen atoms in total. The number of rotatable bonds is 7. The maximum Gasteiger partial charge on any atom is 0.0586 e. The van der Waals surface area contributed by atoms with Crippen LogP contribution in [0.1, 0.15) is 57.1 Å². The van der Waals surface area contributed by atoms with Crippen molar-refractivity contribution in [2.75, 3.05) is 13.1 Å². The lowest BCUT2D eigenvalue weighted by Gasteiger charge is -2.22. The van der Waals surface area contributed by atoms with E-state index in [-0.39, 0.29) is 0 Å². The Kier molecular flexibility index (Phi) is 6.25. The highest BCUT2D eigenvalue weighted by Crippen LogP contribution is 2.29. The van der Waals surface area contributed by atoms with Crippen molar-refractivity contribution in [3.05, 3.63) is 35.4 Å². The van der Waals surface area contributed by atoms with Gasteiger partial charge in [-0.2, -0.15) is 0 Å². The van der Waals surface area contributed by atoms with E-state index in [1.54, 1.807) is 0 Å². The summed E-state index contributed by atoms with van der Waals surface area (Å²) in [7, 11) is 0. The van der Waals surface area contributed by atoms with Crippen molar-refractivity contribution in [3.8, 4) is 0 Å². The van der Waals surface area contributed by atoms with E-state index in [1.807, 2.05) is 0 Å². The highest BCUT2D eigenvalue weighted by molar-refractivity contribution is 5.25. The quantitative estimate of drug-likeness (QED) is 0.809. The molecule has 118 valence electrons. The lowest BCUT2D eigenvalue weighted by atomic mass is 9.91. The SMILES string of the molecule is Cc1ccc(C(CNCC(C)C)CC2CCC(C)O2)cc1. The second kappa shape index (κ2) is 7.95. The number of hydrogen-bond acceptors (Lipinski definition) is 2. The number of benzene rings is 1. The molecule has 1 aliphatic rings. The smallest absolute Gasteiger partial charge is 0.0586 e. The minimum Gasteiger partial charge on any atom is -0.375 e. The Morgan fingerprint density at radius 2 is 1.86 bits per heavy atom. The first-order valence-corrected chi connectivity index (χ1v) is 8.47. The Hall–Kier alpha value is -0.860. The summed E-state index contributed by atoms with van der Waals surface area (Å²) >= 11 is 0. The van der Waals surface area contributed by atoms with Gasteiger partial charge in [-0.05, 0) is 57.1 Å². The molecule has 0 spiro atoms. The van der Waals surface area contributed by atoms with Crippen molar-refractivity contribution in [3.63, 3.8) is 0 Å². The van der Waals surface area contributed by atoms with Gasteiger partial charge >= 0.3 is 0 Å². The van der Waals surface area contributed by atoms with Crippen molar-refractivity contribution in [2.45, 2.75) is 65.1 Å².